The second-order valence-electron chi connectivity index (χ2n) is 5.40. The zero-order valence-electron chi connectivity index (χ0n) is 13.0. The van der Waals surface area contributed by atoms with Crippen molar-refractivity contribution in [3.05, 3.63) is 88.2 Å². The molecule has 2 aromatic heterocycles. The summed E-state index contributed by atoms with van der Waals surface area (Å²) in [5.41, 5.74) is 1.90. The van der Waals surface area contributed by atoms with Gasteiger partial charge in [-0.3, -0.25) is 14.0 Å². The van der Waals surface area contributed by atoms with E-state index in [0.29, 0.717) is 10.6 Å². The molecule has 0 bridgehead atoms. The summed E-state index contributed by atoms with van der Waals surface area (Å²) >= 11 is 1.37. The first-order chi connectivity index (χ1) is 12.2. The maximum atomic E-state index is 12.9. The molecule has 5 nitrogen and oxygen atoms in total. The third-order valence-corrected chi connectivity index (χ3v) is 4.63. The van der Waals surface area contributed by atoms with Crippen molar-refractivity contribution in [1.82, 2.24) is 9.38 Å². The predicted molar refractivity (Wildman–Crippen MR) is 99.2 cm³/mol. The second kappa shape index (κ2) is 6.33. The number of nitrogens with zero attached hydrogens (tertiary/aromatic N) is 2. The SMILES string of the molecule is O=C(Nc1ccccc1)c1cnc2scc(-c3ccccc3)n2c1=O. The van der Waals surface area contributed by atoms with Gasteiger partial charge in [0.1, 0.15) is 5.56 Å². The number of anilines is 1. The highest BCUT2D eigenvalue weighted by Gasteiger charge is 2.17. The molecule has 0 fully saturated rings. The average Bonchev–Trinajstić information content (AvgIpc) is 3.08. The lowest BCUT2D eigenvalue weighted by molar-refractivity contribution is 0.102. The van der Waals surface area contributed by atoms with Crippen LogP contribution in [0, 0.1) is 0 Å². The normalized spacial score (nSPS) is 10.7. The van der Waals surface area contributed by atoms with E-state index in [9.17, 15) is 9.59 Å². The Balaban J connectivity index is 1.80. The van der Waals surface area contributed by atoms with Gasteiger partial charge in [0.05, 0.1) is 5.69 Å². The van der Waals surface area contributed by atoms with E-state index in [1.807, 2.05) is 53.9 Å². The summed E-state index contributed by atoms with van der Waals surface area (Å²) in [6, 6.07) is 18.6. The topological polar surface area (TPSA) is 63.5 Å². The van der Waals surface area contributed by atoms with Crippen molar-refractivity contribution in [1.29, 1.82) is 0 Å². The fourth-order valence-electron chi connectivity index (χ4n) is 2.58. The fraction of sp³-hybridized carbons (Fsp3) is 0. The molecule has 0 aliphatic carbocycles. The van der Waals surface area contributed by atoms with Crippen molar-refractivity contribution in [3.63, 3.8) is 0 Å². The van der Waals surface area contributed by atoms with Crippen LogP contribution in [-0.2, 0) is 0 Å². The van der Waals surface area contributed by atoms with Gasteiger partial charge in [-0.15, -0.1) is 11.3 Å². The number of hydrogen-bond acceptors (Lipinski definition) is 4. The number of carbonyl (C=O) groups is 1. The zero-order chi connectivity index (χ0) is 17.2. The molecule has 6 heteroatoms. The van der Waals surface area contributed by atoms with Crippen LogP contribution in [0.1, 0.15) is 10.4 Å². The number of fused-ring (bicyclic) bond motifs is 1. The highest BCUT2D eigenvalue weighted by atomic mass is 32.1. The van der Waals surface area contributed by atoms with Gasteiger partial charge in [0.2, 0.25) is 0 Å². The van der Waals surface area contributed by atoms with Crippen molar-refractivity contribution < 1.29 is 4.79 Å². The fourth-order valence-corrected chi connectivity index (χ4v) is 3.44. The summed E-state index contributed by atoms with van der Waals surface area (Å²) in [5.74, 6) is -0.469. The number of amides is 1. The summed E-state index contributed by atoms with van der Waals surface area (Å²) < 4.78 is 1.49. The van der Waals surface area contributed by atoms with Crippen LogP contribution in [0.2, 0.25) is 0 Å². The summed E-state index contributed by atoms with van der Waals surface area (Å²) in [5, 5.41) is 4.60. The van der Waals surface area contributed by atoms with Gasteiger partial charge in [0.15, 0.2) is 4.96 Å². The molecule has 0 spiro atoms. The minimum absolute atomic E-state index is 0.0111. The van der Waals surface area contributed by atoms with Gasteiger partial charge < -0.3 is 5.32 Å². The van der Waals surface area contributed by atoms with Gasteiger partial charge in [0.25, 0.3) is 11.5 Å². The standard InChI is InChI=1S/C19H13N3O2S/c23-17(21-14-9-5-2-6-10-14)15-11-20-19-22(18(15)24)16(12-25-19)13-7-3-1-4-8-13/h1-12H,(H,21,23). The minimum Gasteiger partial charge on any atom is -0.322 e. The first kappa shape index (κ1) is 15.3. The molecule has 0 aliphatic rings. The van der Waals surface area contributed by atoms with Gasteiger partial charge in [-0.25, -0.2) is 4.98 Å². The molecule has 2 heterocycles. The highest BCUT2D eigenvalue weighted by molar-refractivity contribution is 7.15. The van der Waals surface area contributed by atoms with E-state index in [1.165, 1.54) is 21.9 Å². The Morgan fingerprint density at radius 1 is 1.00 bits per heavy atom. The molecule has 0 atom stereocenters. The molecule has 1 N–H and O–H groups in total. The summed E-state index contributed by atoms with van der Waals surface area (Å²) in [4.78, 5) is 30.2. The molecule has 1 amide bonds. The van der Waals surface area contributed by atoms with Crippen LogP contribution in [0.4, 0.5) is 5.69 Å². The summed E-state index contributed by atoms with van der Waals surface area (Å²) in [6.07, 6.45) is 1.33. The highest BCUT2D eigenvalue weighted by Crippen LogP contribution is 2.23. The Labute approximate surface area is 147 Å². The maximum Gasteiger partial charge on any atom is 0.271 e. The van der Waals surface area contributed by atoms with Crippen LogP contribution in [-0.4, -0.2) is 15.3 Å². The third-order valence-electron chi connectivity index (χ3n) is 3.79. The van der Waals surface area contributed by atoms with Gasteiger partial charge in [0, 0.05) is 17.3 Å². The van der Waals surface area contributed by atoms with Crippen molar-refractivity contribution in [3.8, 4) is 11.3 Å². The Morgan fingerprint density at radius 2 is 1.68 bits per heavy atom. The summed E-state index contributed by atoms with van der Waals surface area (Å²) in [7, 11) is 0. The number of nitrogens with one attached hydrogen (secondary N) is 1. The Hall–Kier alpha value is -3.25. The van der Waals surface area contributed by atoms with Crippen LogP contribution in [0.15, 0.2) is 77.0 Å². The summed E-state index contributed by atoms with van der Waals surface area (Å²) in [6.45, 7) is 0. The van der Waals surface area contributed by atoms with Crippen LogP contribution >= 0.6 is 11.3 Å². The Bertz CT molecular complexity index is 1100. The van der Waals surface area contributed by atoms with E-state index in [1.54, 1.807) is 12.1 Å². The smallest absolute Gasteiger partial charge is 0.271 e. The number of carbonyl (C=O) groups excluding carboxylic acids is 1. The molecular formula is C19H13N3O2S. The molecule has 0 unspecified atom stereocenters. The Kier molecular flexibility index (Phi) is 3.87. The monoisotopic (exact) mass is 347 g/mol. The third kappa shape index (κ3) is 2.83. The van der Waals surface area contributed by atoms with Crippen LogP contribution in [0.5, 0.6) is 0 Å². The van der Waals surface area contributed by atoms with Crippen molar-refractivity contribution in [2.75, 3.05) is 5.32 Å². The van der Waals surface area contributed by atoms with E-state index in [-0.39, 0.29) is 11.1 Å². The van der Waals surface area contributed by atoms with E-state index in [0.717, 1.165) is 11.3 Å². The average molecular weight is 347 g/mol. The number of hydrogen-bond donors (Lipinski definition) is 1. The van der Waals surface area contributed by atoms with Gasteiger partial charge in [-0.2, -0.15) is 0 Å². The van der Waals surface area contributed by atoms with Gasteiger partial charge in [-0.1, -0.05) is 48.5 Å². The number of para-hydroxylation sites is 1. The van der Waals surface area contributed by atoms with Crippen molar-refractivity contribution >= 4 is 27.9 Å². The van der Waals surface area contributed by atoms with Crippen LogP contribution < -0.4 is 10.9 Å². The lowest BCUT2D eigenvalue weighted by atomic mass is 10.2. The first-order valence-electron chi connectivity index (χ1n) is 7.65. The lowest BCUT2D eigenvalue weighted by Gasteiger charge is -2.06. The molecule has 0 aliphatic heterocycles. The van der Waals surface area contributed by atoms with E-state index in [4.69, 9.17) is 0 Å². The van der Waals surface area contributed by atoms with Gasteiger partial charge >= 0.3 is 0 Å². The van der Waals surface area contributed by atoms with E-state index >= 15 is 0 Å². The number of rotatable bonds is 3. The second-order valence-corrected chi connectivity index (χ2v) is 6.24. The van der Waals surface area contributed by atoms with E-state index < -0.39 is 5.91 Å². The van der Waals surface area contributed by atoms with Crippen molar-refractivity contribution in [2.45, 2.75) is 0 Å². The quantitative estimate of drug-likeness (QED) is 0.615. The Morgan fingerprint density at radius 3 is 2.40 bits per heavy atom. The first-order valence-corrected chi connectivity index (χ1v) is 8.53. The molecule has 0 saturated carbocycles. The van der Waals surface area contributed by atoms with E-state index in [2.05, 4.69) is 10.3 Å². The molecule has 25 heavy (non-hydrogen) atoms. The molecule has 0 radical (unpaired) electrons. The number of benzene rings is 2. The maximum absolute atomic E-state index is 12.9. The number of aromatic nitrogens is 2. The van der Waals surface area contributed by atoms with Crippen LogP contribution in [0.25, 0.3) is 16.2 Å². The molecule has 0 saturated heterocycles. The molecular weight excluding hydrogens is 334 g/mol. The lowest BCUT2D eigenvalue weighted by Crippen LogP contribution is -2.26. The van der Waals surface area contributed by atoms with Crippen LogP contribution in [0.3, 0.4) is 0 Å². The molecule has 122 valence electrons. The molecule has 4 rings (SSSR count). The largest absolute Gasteiger partial charge is 0.322 e. The molecule has 4 aromatic rings. The molecule has 2 aromatic carbocycles. The minimum atomic E-state index is -0.469. The van der Waals surface area contributed by atoms with Gasteiger partial charge in [-0.05, 0) is 17.7 Å². The predicted octanol–water partition coefficient (Wildman–Crippen LogP) is 3.68. The number of thiazole rings is 1. The van der Waals surface area contributed by atoms with Crippen molar-refractivity contribution in [2.24, 2.45) is 0 Å². The zero-order valence-corrected chi connectivity index (χ0v) is 13.9.